The zero-order valence-electron chi connectivity index (χ0n) is 15.6. The van der Waals surface area contributed by atoms with Gasteiger partial charge in [-0.05, 0) is 0 Å². The molecule has 0 aromatic carbocycles. The van der Waals surface area contributed by atoms with Crippen molar-refractivity contribution in [3.8, 4) is 0 Å². The normalized spacial score (nSPS) is 88.2. The van der Waals surface area contributed by atoms with Crippen molar-refractivity contribution in [3.63, 3.8) is 0 Å². The summed E-state index contributed by atoms with van der Waals surface area (Å²) in [5.74, 6) is 0. The van der Waals surface area contributed by atoms with Crippen LogP contribution < -0.4 is 0 Å². The predicted molar refractivity (Wildman–Crippen MR) is 101 cm³/mol. The standard InChI is InChI=1S/C17H30P.C5H5.Fe/c1-3-5-7-11-15-18(16-12-8-6-4-2)17-13-9-10-14-17;1-2-4-5-3-1;/h9-10,13-14H,3-8,11-12,15-16H2,1-2H3;1-5H;. The molecule has 0 aromatic rings. The van der Waals surface area contributed by atoms with Gasteiger partial charge in [0.2, 0.25) is 0 Å². The van der Waals surface area contributed by atoms with Crippen molar-refractivity contribution in [1.29, 1.82) is 0 Å². The molecule has 4 unspecified atom stereocenters. The fraction of sp³-hybridized carbons (Fsp3) is 1.00. The van der Waals surface area contributed by atoms with Crippen molar-refractivity contribution < 1.29 is 6.51 Å². The molecule has 0 N–H and O–H groups in total. The minimum atomic E-state index is -2.79. The molecule has 24 heavy (non-hydrogen) atoms. The van der Waals surface area contributed by atoms with E-state index in [1.807, 2.05) is 0 Å². The van der Waals surface area contributed by atoms with Crippen molar-refractivity contribution in [3.05, 3.63) is 0 Å². The fourth-order valence-electron chi connectivity index (χ4n) is 18.9. The van der Waals surface area contributed by atoms with Crippen LogP contribution in [0, 0.1) is 0 Å². The van der Waals surface area contributed by atoms with Gasteiger partial charge >= 0.3 is 139 Å². The van der Waals surface area contributed by atoms with Crippen LogP contribution in [0.25, 0.3) is 0 Å². The van der Waals surface area contributed by atoms with Crippen molar-refractivity contribution in [1.82, 2.24) is 0 Å². The van der Waals surface area contributed by atoms with Crippen molar-refractivity contribution in [2.75, 3.05) is 12.3 Å². The first kappa shape index (κ1) is 12.4. The number of unbranched alkanes of at least 4 members (excludes halogenated alkanes) is 6. The summed E-state index contributed by atoms with van der Waals surface area (Å²) in [6.07, 6.45) is 15.8. The Kier molecular flexibility index (Phi) is 0.772. The Morgan fingerprint density at radius 3 is 1.38 bits per heavy atom. The molecule has 10 rings (SSSR count). The summed E-state index contributed by atoms with van der Waals surface area (Å²) in [7, 11) is 0.489. The minimum absolute atomic E-state index is 0.489. The molecule has 0 radical (unpaired) electrons. The Bertz CT molecular complexity index is 949. The molecule has 0 nitrogen and oxygen atoms in total. The van der Waals surface area contributed by atoms with E-state index in [1.54, 1.807) is 81.4 Å². The number of hydrogen-bond acceptors (Lipinski definition) is 0. The first-order valence-corrected chi connectivity index (χ1v) is 19.5. The molecule has 10 saturated heterocycles. The van der Waals surface area contributed by atoms with Gasteiger partial charge in [0.15, 0.2) is 0 Å². The molecule has 0 bridgehead atoms. The molecule has 10 aliphatic rings. The van der Waals surface area contributed by atoms with Gasteiger partial charge in [0, 0.05) is 0 Å². The summed E-state index contributed by atoms with van der Waals surface area (Å²) in [6.45, 7) is 1.98. The summed E-state index contributed by atoms with van der Waals surface area (Å²) in [6, 6.07) is 0. The molecule has 10 aliphatic heterocycles. The SMILES string of the molecule is CCCCCCP(CCCCCC)[C]12[CH]3[CH]4[CH]5[CH]1[Fe]45321678[CH]2[CH]1[CH]6[CH]7[CH]28. The van der Waals surface area contributed by atoms with Crippen LogP contribution >= 0.6 is 7.92 Å². The van der Waals surface area contributed by atoms with Crippen molar-refractivity contribution in [2.24, 2.45) is 0 Å². The van der Waals surface area contributed by atoms with Gasteiger partial charge in [-0.25, -0.2) is 0 Å². The van der Waals surface area contributed by atoms with E-state index >= 15 is 0 Å². The third-order valence-electron chi connectivity index (χ3n) is 17.6. The Morgan fingerprint density at radius 2 is 1.08 bits per heavy atom. The van der Waals surface area contributed by atoms with E-state index in [0.29, 0.717) is 7.92 Å². The summed E-state index contributed by atoms with van der Waals surface area (Å²) >= 11 is 0. The van der Waals surface area contributed by atoms with E-state index in [1.165, 1.54) is 29.7 Å². The monoisotopic (exact) mass is 386 g/mol. The molecule has 0 aliphatic carbocycles. The number of fused-ring (bicyclic) bond motifs is 10. The maximum atomic E-state index is 2.39. The average molecular weight is 386 g/mol. The van der Waals surface area contributed by atoms with Crippen molar-refractivity contribution >= 4 is 7.92 Å². The van der Waals surface area contributed by atoms with Gasteiger partial charge in [0.05, 0.1) is 0 Å². The summed E-state index contributed by atoms with van der Waals surface area (Å²) in [5.41, 5.74) is 0. The van der Waals surface area contributed by atoms with Crippen LogP contribution in [0.3, 0.4) is 0 Å². The molecular weight excluding hydrogens is 351 g/mol. The summed E-state index contributed by atoms with van der Waals surface area (Å²) < 4.78 is 1.27. The third-order valence-corrected chi connectivity index (χ3v) is 67.7. The van der Waals surface area contributed by atoms with E-state index in [0.717, 1.165) is 0 Å². The van der Waals surface area contributed by atoms with E-state index in [2.05, 4.69) is 13.8 Å². The molecule has 2 heteroatoms. The van der Waals surface area contributed by atoms with Crippen LogP contribution in [0.2, 0.25) is 43.3 Å². The van der Waals surface area contributed by atoms with E-state index in [9.17, 15) is 0 Å². The van der Waals surface area contributed by atoms with Crippen LogP contribution in [-0.2, 0) is 6.51 Å². The topological polar surface area (TPSA) is 0 Å². The van der Waals surface area contributed by atoms with Crippen LogP contribution in [-0.4, -0.2) is 16.4 Å². The first-order chi connectivity index (χ1) is 11.6. The molecule has 4 atom stereocenters. The second-order valence-electron chi connectivity index (χ2n) is 13.7. The van der Waals surface area contributed by atoms with E-state index in [-0.39, 0.29) is 0 Å². The molecule has 10 heterocycles. The Morgan fingerprint density at radius 1 is 0.625 bits per heavy atom. The maximum absolute atomic E-state index is 2.79. The Hall–Kier alpha value is 0.949. The molecule has 136 valence electrons. The van der Waals surface area contributed by atoms with Gasteiger partial charge in [-0.3, -0.25) is 0 Å². The van der Waals surface area contributed by atoms with Crippen LogP contribution in [0.5, 0.6) is 0 Å². The molecule has 0 amide bonds. The molecule has 1 spiro atoms. The zero-order chi connectivity index (χ0) is 15.7. The average Bonchev–Trinajstić information content (AvgIpc) is 3.53. The van der Waals surface area contributed by atoms with Crippen molar-refractivity contribution in [2.45, 2.75) is 113 Å². The second kappa shape index (κ2) is 1.49. The Labute approximate surface area is 139 Å². The molecule has 0 saturated carbocycles. The van der Waals surface area contributed by atoms with E-state index < -0.39 is 6.51 Å². The van der Waals surface area contributed by atoms with Crippen LogP contribution in [0.4, 0.5) is 0 Å². The number of rotatable bonds is 11. The fourth-order valence-corrected chi connectivity index (χ4v) is 110. The summed E-state index contributed by atoms with van der Waals surface area (Å²) in [4.78, 5) is 14.1. The van der Waals surface area contributed by atoms with Gasteiger partial charge in [-0.15, -0.1) is 0 Å². The van der Waals surface area contributed by atoms with Crippen LogP contribution in [0.15, 0.2) is 0 Å². The van der Waals surface area contributed by atoms with Gasteiger partial charge in [-0.1, -0.05) is 0 Å². The molecule has 0 aromatic heterocycles. The van der Waals surface area contributed by atoms with Gasteiger partial charge < -0.3 is 0 Å². The van der Waals surface area contributed by atoms with E-state index in [4.69, 9.17) is 0 Å². The second-order valence-corrected chi connectivity index (χ2v) is 40.4. The number of hydrogen-bond donors (Lipinski definition) is 0. The molecular formula is C22H35FeP. The van der Waals surface area contributed by atoms with Gasteiger partial charge in [0.25, 0.3) is 0 Å². The Balaban J connectivity index is 1.06. The quantitative estimate of drug-likeness (QED) is 0.192. The third kappa shape index (κ3) is 0.206. The summed E-state index contributed by atoms with van der Waals surface area (Å²) in [5, 5.41) is 0. The van der Waals surface area contributed by atoms with Gasteiger partial charge in [0.1, 0.15) is 0 Å². The van der Waals surface area contributed by atoms with Gasteiger partial charge in [-0.2, -0.15) is 0 Å². The zero-order valence-corrected chi connectivity index (χ0v) is 17.6. The van der Waals surface area contributed by atoms with Crippen LogP contribution in [0.1, 0.15) is 65.2 Å². The first-order valence-electron chi connectivity index (χ1n) is 11.5. The molecule has 10 fully saturated rings. The predicted octanol–water partition coefficient (Wildman–Crippen LogP) is 7.93.